The maximum atomic E-state index is 12.9. The van der Waals surface area contributed by atoms with E-state index >= 15 is 0 Å². The molecule has 1 aliphatic rings. The summed E-state index contributed by atoms with van der Waals surface area (Å²) in [4.78, 5) is 23.2. The molecule has 3 N–H and O–H groups in total. The normalized spacial score (nSPS) is 18.6. The number of carbonyl (C=O) groups excluding carboxylic acids is 1. The molecule has 1 unspecified atom stereocenters. The molecule has 0 aliphatic heterocycles. The molecule has 1 aliphatic carbocycles. The quantitative estimate of drug-likeness (QED) is 0.747. The van der Waals surface area contributed by atoms with Gasteiger partial charge in [-0.2, -0.15) is 13.2 Å². The fourth-order valence-corrected chi connectivity index (χ4v) is 2.61. The number of carboxylic acids is 1. The van der Waals surface area contributed by atoms with E-state index in [1.54, 1.807) is 0 Å². The molecule has 0 saturated heterocycles. The first-order valence-electron chi connectivity index (χ1n) is 7.01. The van der Waals surface area contributed by atoms with Gasteiger partial charge in [0.15, 0.2) is 5.60 Å². The van der Waals surface area contributed by atoms with E-state index in [1.165, 1.54) is 0 Å². The van der Waals surface area contributed by atoms with Crippen LogP contribution in [0.4, 0.5) is 13.2 Å². The van der Waals surface area contributed by atoms with Gasteiger partial charge in [-0.25, -0.2) is 4.79 Å². The summed E-state index contributed by atoms with van der Waals surface area (Å²) in [6, 6.07) is 2.75. The third-order valence-electron chi connectivity index (χ3n) is 4.05. The van der Waals surface area contributed by atoms with Gasteiger partial charge in [0.05, 0.1) is 17.5 Å². The Hall–Kier alpha value is -1.80. The Kier molecular flexibility index (Phi) is 4.58. The first-order valence-corrected chi connectivity index (χ1v) is 7.39. The van der Waals surface area contributed by atoms with E-state index in [4.69, 9.17) is 16.7 Å². The van der Waals surface area contributed by atoms with Gasteiger partial charge in [-0.05, 0) is 43.5 Å². The number of carboxylic acid groups (broad SMARTS) is 1. The van der Waals surface area contributed by atoms with Crippen molar-refractivity contribution in [2.24, 2.45) is 0 Å². The van der Waals surface area contributed by atoms with Gasteiger partial charge in [0.25, 0.3) is 0 Å². The van der Waals surface area contributed by atoms with Gasteiger partial charge in [-0.1, -0.05) is 11.6 Å². The molecule has 9 heteroatoms. The lowest BCUT2D eigenvalue weighted by Gasteiger charge is -2.22. The van der Waals surface area contributed by atoms with Crippen LogP contribution in [0.15, 0.2) is 18.2 Å². The van der Waals surface area contributed by atoms with E-state index < -0.39 is 41.2 Å². The summed E-state index contributed by atoms with van der Waals surface area (Å²) in [5.74, 6) is -2.19. The van der Waals surface area contributed by atoms with Crippen LogP contribution in [0, 0.1) is 0 Å². The summed E-state index contributed by atoms with van der Waals surface area (Å²) < 4.78 is 38.6. The van der Waals surface area contributed by atoms with Gasteiger partial charge in [0.1, 0.15) is 0 Å². The van der Waals surface area contributed by atoms with Crippen LogP contribution < -0.4 is 5.32 Å². The van der Waals surface area contributed by atoms with Gasteiger partial charge in [0, 0.05) is 5.02 Å². The van der Waals surface area contributed by atoms with Crippen molar-refractivity contribution in [3.8, 4) is 0 Å². The smallest absolute Gasteiger partial charge is 0.416 e. The van der Waals surface area contributed by atoms with Crippen molar-refractivity contribution < 1.29 is 33.0 Å². The van der Waals surface area contributed by atoms with Gasteiger partial charge >= 0.3 is 12.1 Å². The molecule has 0 radical (unpaired) electrons. The fourth-order valence-electron chi connectivity index (χ4n) is 2.31. The minimum absolute atomic E-state index is 0.0284. The summed E-state index contributed by atoms with van der Waals surface area (Å²) in [6.07, 6.45) is -4.00. The van der Waals surface area contributed by atoms with Crippen LogP contribution >= 0.6 is 11.6 Å². The molecular weight excluding hydrogens is 351 g/mol. The van der Waals surface area contributed by atoms with Crippen LogP contribution in [-0.4, -0.2) is 34.2 Å². The Morgan fingerprint density at radius 3 is 2.38 bits per heavy atom. The third kappa shape index (κ3) is 3.49. The number of rotatable bonds is 5. The van der Waals surface area contributed by atoms with Crippen LogP contribution in [0.2, 0.25) is 5.02 Å². The molecule has 0 heterocycles. The van der Waals surface area contributed by atoms with E-state index in [0.717, 1.165) is 25.1 Å². The molecule has 0 aromatic heterocycles. The average molecular weight is 366 g/mol. The van der Waals surface area contributed by atoms with Crippen LogP contribution in [0.25, 0.3) is 0 Å². The predicted molar refractivity (Wildman–Crippen MR) is 78.6 cm³/mol. The summed E-state index contributed by atoms with van der Waals surface area (Å²) in [7, 11) is 0. The highest BCUT2D eigenvalue weighted by Gasteiger charge is 2.53. The number of aliphatic hydroxyl groups is 1. The second-order valence-electron chi connectivity index (χ2n) is 6.04. The largest absolute Gasteiger partial charge is 0.479 e. The topological polar surface area (TPSA) is 86.6 Å². The Morgan fingerprint density at radius 2 is 1.92 bits per heavy atom. The highest BCUT2D eigenvalue weighted by Crippen LogP contribution is 2.51. The first-order chi connectivity index (χ1) is 10.9. The van der Waals surface area contributed by atoms with E-state index in [9.17, 15) is 27.9 Å². The standard InChI is InChI=1S/C15H15ClF3NO4/c1-13(24,12(22)23)7-20-11(21)14(4-5-14)9-6-8(15(17,18)19)2-3-10(9)16/h2-3,6,24H,4-5,7H2,1H3,(H,20,21)(H,22,23). The summed E-state index contributed by atoms with van der Waals surface area (Å²) in [6.45, 7) is 0.436. The molecule has 1 aromatic carbocycles. The van der Waals surface area contributed by atoms with Crippen LogP contribution in [0.3, 0.4) is 0 Å². The number of halogens is 4. The molecule has 1 amide bonds. The number of alkyl halides is 3. The minimum atomic E-state index is -4.57. The van der Waals surface area contributed by atoms with E-state index in [2.05, 4.69) is 5.32 Å². The SMILES string of the molecule is CC(O)(CNC(=O)C1(c2cc(C(F)(F)F)ccc2Cl)CC1)C(=O)O. The van der Waals surface area contributed by atoms with Crippen LogP contribution in [0.5, 0.6) is 0 Å². The molecule has 2 rings (SSSR count). The molecule has 1 saturated carbocycles. The Labute approximate surface area is 140 Å². The third-order valence-corrected chi connectivity index (χ3v) is 4.38. The highest BCUT2D eigenvalue weighted by molar-refractivity contribution is 6.32. The van der Waals surface area contributed by atoms with Crippen molar-refractivity contribution in [3.05, 3.63) is 34.3 Å². The Bertz CT molecular complexity index is 684. The summed E-state index contributed by atoms with van der Waals surface area (Å²) in [5.41, 5.74) is -4.28. The van der Waals surface area contributed by atoms with Crippen molar-refractivity contribution in [1.82, 2.24) is 5.32 Å². The minimum Gasteiger partial charge on any atom is -0.479 e. The van der Waals surface area contributed by atoms with Gasteiger partial charge < -0.3 is 15.5 Å². The molecule has 0 bridgehead atoms. The lowest BCUT2D eigenvalue weighted by atomic mass is 9.92. The van der Waals surface area contributed by atoms with Gasteiger partial charge in [-0.15, -0.1) is 0 Å². The number of benzene rings is 1. The number of carbonyl (C=O) groups is 2. The van der Waals surface area contributed by atoms with E-state index in [0.29, 0.717) is 0 Å². The van der Waals surface area contributed by atoms with Crippen molar-refractivity contribution in [2.75, 3.05) is 6.54 Å². The zero-order valence-corrected chi connectivity index (χ0v) is 13.3. The Morgan fingerprint density at radius 1 is 1.33 bits per heavy atom. The number of nitrogens with one attached hydrogen (secondary N) is 1. The van der Waals surface area contributed by atoms with Crippen LogP contribution in [0.1, 0.15) is 30.9 Å². The number of hydrogen-bond donors (Lipinski definition) is 3. The highest BCUT2D eigenvalue weighted by atomic mass is 35.5. The lowest BCUT2D eigenvalue weighted by molar-refractivity contribution is -0.156. The van der Waals surface area contributed by atoms with Crippen molar-refractivity contribution in [2.45, 2.75) is 37.0 Å². The maximum absolute atomic E-state index is 12.9. The van der Waals surface area contributed by atoms with E-state index in [-0.39, 0.29) is 23.4 Å². The second-order valence-corrected chi connectivity index (χ2v) is 6.44. The van der Waals surface area contributed by atoms with Gasteiger partial charge in [-0.3, -0.25) is 4.79 Å². The first kappa shape index (κ1) is 18.5. The average Bonchev–Trinajstić information content (AvgIpc) is 3.25. The zero-order valence-electron chi connectivity index (χ0n) is 12.6. The number of amides is 1. The molecule has 1 aromatic rings. The van der Waals surface area contributed by atoms with Crippen molar-refractivity contribution in [3.63, 3.8) is 0 Å². The number of hydrogen-bond acceptors (Lipinski definition) is 3. The molecule has 132 valence electrons. The summed E-state index contributed by atoms with van der Waals surface area (Å²) >= 11 is 5.96. The lowest BCUT2D eigenvalue weighted by Crippen LogP contribution is -2.48. The maximum Gasteiger partial charge on any atom is 0.416 e. The molecule has 1 atom stereocenters. The monoisotopic (exact) mass is 365 g/mol. The summed E-state index contributed by atoms with van der Waals surface area (Å²) in [5, 5.41) is 20.7. The van der Waals surface area contributed by atoms with Crippen molar-refractivity contribution >= 4 is 23.5 Å². The predicted octanol–water partition coefficient (Wildman–Crippen LogP) is 2.34. The molecule has 24 heavy (non-hydrogen) atoms. The molecular formula is C15H15ClF3NO4. The molecule has 1 fully saturated rings. The fraction of sp³-hybridized carbons (Fsp3) is 0.467. The second kappa shape index (κ2) is 5.93. The van der Waals surface area contributed by atoms with E-state index in [1.807, 2.05) is 0 Å². The van der Waals surface area contributed by atoms with Crippen LogP contribution in [-0.2, 0) is 21.2 Å². The zero-order chi connectivity index (χ0) is 18.3. The number of aliphatic carboxylic acids is 1. The van der Waals surface area contributed by atoms with Crippen molar-refractivity contribution in [1.29, 1.82) is 0 Å². The molecule has 0 spiro atoms. The Balaban J connectivity index is 2.25. The molecule has 5 nitrogen and oxygen atoms in total. The van der Waals surface area contributed by atoms with Gasteiger partial charge in [0.2, 0.25) is 5.91 Å².